The number of carbonyl (C=O) groups is 4. The van der Waals surface area contributed by atoms with Gasteiger partial charge in [-0.1, -0.05) is 69.3 Å². The molecule has 4 aromatic rings. The van der Waals surface area contributed by atoms with Crippen molar-refractivity contribution in [2.75, 3.05) is 17.2 Å². The van der Waals surface area contributed by atoms with Crippen molar-refractivity contribution in [1.82, 2.24) is 0 Å². The number of hydrogen-bond acceptors (Lipinski definition) is 7. The number of rotatable bonds is 10. The van der Waals surface area contributed by atoms with E-state index in [4.69, 9.17) is 4.74 Å². The Morgan fingerprint density at radius 1 is 0.957 bits per heavy atom. The predicted molar refractivity (Wildman–Crippen MR) is 187 cm³/mol. The number of fused-ring (bicyclic) bond motifs is 1. The van der Waals surface area contributed by atoms with E-state index in [0.717, 1.165) is 35.3 Å². The Labute approximate surface area is 282 Å². The van der Waals surface area contributed by atoms with Gasteiger partial charge in [0, 0.05) is 15.5 Å². The molecule has 0 spiro atoms. The molecule has 3 N–H and O–H groups in total. The molecule has 5 rings (SSSR count). The second-order valence-corrected chi connectivity index (χ2v) is 14.7. The lowest BCUT2D eigenvalue weighted by atomic mass is 9.72. The van der Waals surface area contributed by atoms with Crippen molar-refractivity contribution < 1.29 is 29.0 Å². The second-order valence-electron chi connectivity index (χ2n) is 12.5. The third-order valence-corrected chi connectivity index (χ3v) is 10.7. The van der Waals surface area contributed by atoms with E-state index in [1.165, 1.54) is 35.2 Å². The van der Waals surface area contributed by atoms with Crippen LogP contribution in [0.1, 0.15) is 86.4 Å². The highest BCUT2D eigenvalue weighted by Gasteiger charge is 2.35. The number of carboxylic acid groups (broad SMARTS) is 1. The Hall–Kier alpha value is -4.41. The van der Waals surface area contributed by atoms with Gasteiger partial charge in [-0.3, -0.25) is 9.59 Å². The van der Waals surface area contributed by atoms with E-state index < -0.39 is 23.1 Å². The van der Waals surface area contributed by atoms with Crippen LogP contribution >= 0.6 is 23.1 Å². The number of hydrogen-bond donors (Lipinski definition) is 3. The summed E-state index contributed by atoms with van der Waals surface area (Å²) in [5.41, 5.74) is 2.73. The maximum absolute atomic E-state index is 14.1. The number of carbonyl (C=O) groups excluding carboxylic acids is 3. The van der Waals surface area contributed by atoms with E-state index >= 15 is 0 Å². The lowest BCUT2D eigenvalue weighted by Gasteiger charge is -2.33. The van der Waals surface area contributed by atoms with Gasteiger partial charge < -0.3 is 20.5 Å². The van der Waals surface area contributed by atoms with E-state index in [1.807, 2.05) is 36.4 Å². The molecule has 2 atom stereocenters. The van der Waals surface area contributed by atoms with Crippen LogP contribution in [-0.4, -0.2) is 35.5 Å². The second kappa shape index (κ2) is 14.6. The number of thioether (sulfide) groups is 1. The maximum atomic E-state index is 14.1. The first-order valence-corrected chi connectivity index (χ1v) is 17.2. The van der Waals surface area contributed by atoms with E-state index in [1.54, 1.807) is 37.3 Å². The summed E-state index contributed by atoms with van der Waals surface area (Å²) < 4.78 is 5.45. The Morgan fingerprint density at radius 3 is 2.34 bits per heavy atom. The predicted octanol–water partition coefficient (Wildman–Crippen LogP) is 8.50. The van der Waals surface area contributed by atoms with Crippen LogP contribution in [0.2, 0.25) is 0 Å². The molecule has 244 valence electrons. The first-order valence-electron chi connectivity index (χ1n) is 15.5. The topological polar surface area (TPSA) is 122 Å². The first kappa shape index (κ1) is 33.9. The number of amides is 2. The molecule has 0 saturated heterocycles. The molecular weight excluding hydrogens is 633 g/mol. The zero-order chi connectivity index (χ0) is 33.7. The number of aromatic carboxylic acids is 1. The van der Waals surface area contributed by atoms with Gasteiger partial charge in [-0.2, -0.15) is 0 Å². The fourth-order valence-electron chi connectivity index (χ4n) is 5.76. The third kappa shape index (κ3) is 7.94. The summed E-state index contributed by atoms with van der Waals surface area (Å²) in [5.74, 6) is -1.99. The molecular formula is C37H38N2O6S2. The zero-order valence-electron chi connectivity index (χ0n) is 26.8. The van der Waals surface area contributed by atoms with Gasteiger partial charge in [-0.05, 0) is 79.0 Å². The van der Waals surface area contributed by atoms with Crippen LogP contribution < -0.4 is 10.6 Å². The molecule has 47 heavy (non-hydrogen) atoms. The lowest BCUT2D eigenvalue weighted by molar-refractivity contribution is -0.115. The lowest BCUT2D eigenvalue weighted by Crippen LogP contribution is -2.26. The monoisotopic (exact) mass is 670 g/mol. The van der Waals surface area contributed by atoms with Gasteiger partial charge in [0.2, 0.25) is 5.91 Å². The molecule has 2 unspecified atom stereocenters. The fourth-order valence-corrected chi connectivity index (χ4v) is 8.16. The van der Waals surface area contributed by atoms with Gasteiger partial charge >= 0.3 is 11.9 Å². The minimum absolute atomic E-state index is 0.0458. The smallest absolute Gasteiger partial charge is 0.341 e. The van der Waals surface area contributed by atoms with Gasteiger partial charge in [0.05, 0.1) is 23.3 Å². The van der Waals surface area contributed by atoms with Crippen LogP contribution in [0.5, 0.6) is 0 Å². The number of anilines is 2. The number of nitrogens with one attached hydrogen (secondary N) is 2. The largest absolute Gasteiger partial charge is 0.478 e. The highest BCUT2D eigenvalue weighted by atomic mass is 32.2. The van der Waals surface area contributed by atoms with Gasteiger partial charge in [-0.25, -0.2) is 9.59 Å². The van der Waals surface area contributed by atoms with Crippen molar-refractivity contribution in [3.05, 3.63) is 112 Å². The molecule has 1 aliphatic carbocycles. The van der Waals surface area contributed by atoms with E-state index in [9.17, 15) is 24.3 Å². The van der Waals surface area contributed by atoms with Crippen LogP contribution in [0.3, 0.4) is 0 Å². The van der Waals surface area contributed by atoms with Gasteiger partial charge in [-0.15, -0.1) is 23.1 Å². The summed E-state index contributed by atoms with van der Waals surface area (Å²) in [6.45, 7) is 8.72. The van der Waals surface area contributed by atoms with Crippen LogP contribution in [0.15, 0.2) is 83.8 Å². The molecule has 0 fully saturated rings. The fraction of sp³-hybridized carbons (Fsp3) is 0.297. The molecule has 0 bridgehead atoms. The average Bonchev–Trinajstić information content (AvgIpc) is 3.41. The van der Waals surface area contributed by atoms with Crippen LogP contribution in [0.25, 0.3) is 0 Å². The molecule has 8 nitrogen and oxygen atoms in total. The van der Waals surface area contributed by atoms with Gasteiger partial charge in [0.1, 0.15) is 10.3 Å². The van der Waals surface area contributed by atoms with Gasteiger partial charge in [0.25, 0.3) is 5.91 Å². The maximum Gasteiger partial charge on any atom is 0.341 e. The summed E-state index contributed by atoms with van der Waals surface area (Å²) >= 11 is 2.77. The van der Waals surface area contributed by atoms with Crippen molar-refractivity contribution in [3.8, 4) is 0 Å². The third-order valence-electron chi connectivity index (χ3n) is 8.29. The first-order chi connectivity index (χ1) is 22.5. The summed E-state index contributed by atoms with van der Waals surface area (Å²) in [4.78, 5) is 53.9. The quantitative estimate of drug-likeness (QED) is 0.114. The molecule has 1 aliphatic rings. The minimum atomic E-state index is -1.19. The van der Waals surface area contributed by atoms with Crippen molar-refractivity contribution in [3.63, 3.8) is 0 Å². The number of thiophene rings is 1. The normalized spacial score (nSPS) is 14.9. The number of carboxylic acids is 1. The molecule has 10 heteroatoms. The highest BCUT2D eigenvalue weighted by molar-refractivity contribution is 8.00. The van der Waals surface area contributed by atoms with Crippen molar-refractivity contribution in [1.29, 1.82) is 0 Å². The van der Waals surface area contributed by atoms with Crippen molar-refractivity contribution in [2.24, 2.45) is 11.3 Å². The minimum Gasteiger partial charge on any atom is -0.478 e. The summed E-state index contributed by atoms with van der Waals surface area (Å²) in [7, 11) is 0. The Morgan fingerprint density at radius 2 is 1.66 bits per heavy atom. The van der Waals surface area contributed by atoms with E-state index in [-0.39, 0.29) is 29.1 Å². The van der Waals surface area contributed by atoms with Crippen molar-refractivity contribution in [2.45, 2.75) is 57.1 Å². The summed E-state index contributed by atoms with van der Waals surface area (Å²) in [6.07, 6.45) is 2.56. The summed E-state index contributed by atoms with van der Waals surface area (Å²) in [6, 6.07) is 22.5. The van der Waals surface area contributed by atoms with Gasteiger partial charge in [0.15, 0.2) is 0 Å². The SMILES string of the molecule is CCOC(=O)c1c(NC(=O)C(Sc2cccc(NC(=O)c3ccccc3C(=O)O)c2)c2ccccc2)sc2c1CCC(C(C)(C)C)C2. The zero-order valence-corrected chi connectivity index (χ0v) is 28.4. The van der Waals surface area contributed by atoms with Crippen LogP contribution in [0, 0.1) is 11.3 Å². The van der Waals surface area contributed by atoms with Crippen LogP contribution in [0.4, 0.5) is 10.7 Å². The molecule has 1 heterocycles. The molecule has 0 aliphatic heterocycles. The van der Waals surface area contributed by atoms with E-state index in [2.05, 4.69) is 31.4 Å². The standard InChI is InChI=1S/C37H38N2O6S2/c1-5-45-36(44)30-28-19-18-23(37(2,3)4)20-29(28)47-34(30)39-33(41)31(22-12-7-6-8-13-22)46-25-15-11-14-24(21-25)38-32(40)26-16-9-10-17-27(26)35(42)43/h6-17,21,23,31H,5,18-20H2,1-4H3,(H,38,40)(H,39,41)(H,42,43). The highest BCUT2D eigenvalue weighted by Crippen LogP contribution is 2.45. The summed E-state index contributed by atoms with van der Waals surface area (Å²) in [5, 5.41) is 15.2. The molecule has 1 aromatic heterocycles. The van der Waals surface area contributed by atoms with E-state index in [0.29, 0.717) is 27.1 Å². The Kier molecular flexibility index (Phi) is 10.5. The Balaban J connectivity index is 1.42. The number of esters is 1. The Bertz CT molecular complexity index is 1790. The molecule has 0 saturated carbocycles. The number of ether oxygens (including phenoxy) is 1. The number of benzene rings is 3. The molecule has 3 aromatic carbocycles. The molecule has 0 radical (unpaired) electrons. The van der Waals surface area contributed by atoms with Crippen LogP contribution in [-0.2, 0) is 22.4 Å². The van der Waals surface area contributed by atoms with Crippen molar-refractivity contribution >= 4 is 57.5 Å². The molecule has 2 amide bonds. The average molecular weight is 671 g/mol.